The lowest BCUT2D eigenvalue weighted by Crippen LogP contribution is -2.00. The van der Waals surface area contributed by atoms with Gasteiger partial charge in [-0.2, -0.15) is 0 Å². The average molecular weight is 361 g/mol. The average Bonchev–Trinajstić information content (AvgIpc) is 2.62. The first kappa shape index (κ1) is 11.8. The van der Waals surface area contributed by atoms with Gasteiger partial charge >= 0.3 is 0 Å². The standard InChI is InChI=1S/C11H7Br2NOS/c12-7-3-6(4-8(14)5-7)10(15)11-9(13)1-2-16-11/h1-5H,14H2. The zero-order valence-corrected chi connectivity index (χ0v) is 12.0. The molecule has 2 aromatic rings. The van der Waals surface area contributed by atoms with Gasteiger partial charge in [0.05, 0.1) is 4.88 Å². The summed E-state index contributed by atoms with van der Waals surface area (Å²) in [5, 5.41) is 1.87. The van der Waals surface area contributed by atoms with E-state index in [0.717, 1.165) is 8.95 Å². The number of hydrogen-bond acceptors (Lipinski definition) is 3. The van der Waals surface area contributed by atoms with E-state index in [9.17, 15) is 4.79 Å². The fourth-order valence-corrected chi connectivity index (χ4v) is 3.35. The van der Waals surface area contributed by atoms with E-state index >= 15 is 0 Å². The molecule has 0 aliphatic carbocycles. The van der Waals surface area contributed by atoms with Crippen LogP contribution >= 0.6 is 43.2 Å². The molecule has 2 N–H and O–H groups in total. The lowest BCUT2D eigenvalue weighted by molar-refractivity contribution is 0.104. The van der Waals surface area contributed by atoms with Crippen LogP contribution in [0.5, 0.6) is 0 Å². The number of hydrogen-bond donors (Lipinski definition) is 1. The summed E-state index contributed by atoms with van der Waals surface area (Å²) >= 11 is 8.08. The van der Waals surface area contributed by atoms with Crippen molar-refractivity contribution in [1.29, 1.82) is 0 Å². The van der Waals surface area contributed by atoms with Gasteiger partial charge in [0.25, 0.3) is 0 Å². The maximum atomic E-state index is 12.1. The topological polar surface area (TPSA) is 43.1 Å². The first-order valence-corrected chi connectivity index (χ1v) is 6.88. The Morgan fingerprint density at radius 3 is 2.56 bits per heavy atom. The quantitative estimate of drug-likeness (QED) is 0.647. The number of nitrogens with two attached hydrogens (primary N) is 1. The van der Waals surface area contributed by atoms with Gasteiger partial charge in [-0.05, 0) is 45.6 Å². The molecule has 0 bridgehead atoms. The monoisotopic (exact) mass is 359 g/mol. The molecule has 16 heavy (non-hydrogen) atoms. The summed E-state index contributed by atoms with van der Waals surface area (Å²) in [5.41, 5.74) is 6.87. The van der Waals surface area contributed by atoms with Crippen molar-refractivity contribution in [3.8, 4) is 0 Å². The van der Waals surface area contributed by atoms with E-state index < -0.39 is 0 Å². The summed E-state index contributed by atoms with van der Waals surface area (Å²) in [4.78, 5) is 12.8. The number of ketones is 1. The Labute approximate surface area is 114 Å². The molecule has 2 rings (SSSR count). The molecule has 1 aromatic carbocycles. The van der Waals surface area contributed by atoms with E-state index in [4.69, 9.17) is 5.73 Å². The van der Waals surface area contributed by atoms with Gasteiger partial charge in [-0.15, -0.1) is 11.3 Å². The second kappa shape index (κ2) is 4.69. The molecule has 0 radical (unpaired) electrons. The summed E-state index contributed by atoms with van der Waals surface area (Å²) in [6.45, 7) is 0. The largest absolute Gasteiger partial charge is 0.399 e. The highest BCUT2D eigenvalue weighted by Crippen LogP contribution is 2.27. The zero-order valence-electron chi connectivity index (χ0n) is 8.04. The van der Waals surface area contributed by atoms with Crippen molar-refractivity contribution >= 4 is 54.7 Å². The molecule has 1 heterocycles. The molecular formula is C11H7Br2NOS. The van der Waals surface area contributed by atoms with Gasteiger partial charge in [0, 0.05) is 20.2 Å². The molecule has 0 saturated carbocycles. The van der Waals surface area contributed by atoms with Crippen molar-refractivity contribution in [2.45, 2.75) is 0 Å². The first-order valence-electron chi connectivity index (χ1n) is 4.41. The van der Waals surface area contributed by atoms with Crippen molar-refractivity contribution in [2.24, 2.45) is 0 Å². The molecule has 2 nitrogen and oxygen atoms in total. The lowest BCUT2D eigenvalue weighted by Gasteiger charge is -2.02. The van der Waals surface area contributed by atoms with Gasteiger partial charge < -0.3 is 5.73 Å². The fraction of sp³-hybridized carbons (Fsp3) is 0. The van der Waals surface area contributed by atoms with E-state index in [-0.39, 0.29) is 5.78 Å². The van der Waals surface area contributed by atoms with Crippen LogP contribution in [-0.2, 0) is 0 Å². The number of thiophene rings is 1. The highest BCUT2D eigenvalue weighted by Gasteiger charge is 2.14. The van der Waals surface area contributed by atoms with Gasteiger partial charge in [0.2, 0.25) is 5.78 Å². The van der Waals surface area contributed by atoms with Crippen molar-refractivity contribution in [1.82, 2.24) is 0 Å². The second-order valence-electron chi connectivity index (χ2n) is 3.20. The summed E-state index contributed by atoms with van der Waals surface area (Å²) in [5.74, 6) is -0.0186. The minimum absolute atomic E-state index is 0.0186. The predicted molar refractivity (Wildman–Crippen MR) is 74.0 cm³/mol. The highest BCUT2D eigenvalue weighted by molar-refractivity contribution is 9.10. The zero-order chi connectivity index (χ0) is 11.7. The second-order valence-corrected chi connectivity index (χ2v) is 5.89. The van der Waals surface area contributed by atoms with Gasteiger partial charge in [-0.25, -0.2) is 0 Å². The third kappa shape index (κ3) is 2.36. The van der Waals surface area contributed by atoms with E-state index in [0.29, 0.717) is 16.1 Å². The molecule has 0 saturated heterocycles. The maximum Gasteiger partial charge on any atom is 0.204 e. The SMILES string of the molecule is Nc1cc(Br)cc(C(=O)c2sccc2Br)c1. The predicted octanol–water partition coefficient (Wildman–Crippen LogP) is 4.09. The lowest BCUT2D eigenvalue weighted by atomic mass is 10.1. The molecular weight excluding hydrogens is 354 g/mol. The summed E-state index contributed by atoms with van der Waals surface area (Å²) in [6.07, 6.45) is 0. The van der Waals surface area contributed by atoms with E-state index in [1.807, 2.05) is 11.4 Å². The third-order valence-electron chi connectivity index (χ3n) is 2.01. The normalized spacial score (nSPS) is 10.4. The van der Waals surface area contributed by atoms with Crippen LogP contribution in [0.3, 0.4) is 0 Å². The van der Waals surface area contributed by atoms with E-state index in [1.165, 1.54) is 11.3 Å². The van der Waals surface area contributed by atoms with Gasteiger partial charge in [-0.3, -0.25) is 4.79 Å². The minimum atomic E-state index is -0.0186. The van der Waals surface area contributed by atoms with Crippen LogP contribution in [0.4, 0.5) is 5.69 Å². The molecule has 0 spiro atoms. The van der Waals surface area contributed by atoms with Gasteiger partial charge in [-0.1, -0.05) is 15.9 Å². The van der Waals surface area contributed by atoms with Gasteiger partial charge in [0.1, 0.15) is 0 Å². The molecule has 82 valence electrons. The molecule has 0 unspecified atom stereocenters. The number of rotatable bonds is 2. The van der Waals surface area contributed by atoms with E-state index in [2.05, 4.69) is 31.9 Å². The van der Waals surface area contributed by atoms with Crippen LogP contribution in [0.1, 0.15) is 15.2 Å². The van der Waals surface area contributed by atoms with Crippen LogP contribution < -0.4 is 5.73 Å². The van der Waals surface area contributed by atoms with E-state index in [1.54, 1.807) is 18.2 Å². The van der Waals surface area contributed by atoms with Crippen LogP contribution in [0.25, 0.3) is 0 Å². The third-order valence-corrected chi connectivity index (χ3v) is 4.30. The number of nitrogen functional groups attached to an aromatic ring is 1. The maximum absolute atomic E-state index is 12.1. The number of carbonyl (C=O) groups excluding carboxylic acids is 1. The van der Waals surface area contributed by atoms with Crippen molar-refractivity contribution in [3.63, 3.8) is 0 Å². The van der Waals surface area contributed by atoms with Crippen molar-refractivity contribution in [3.05, 3.63) is 49.0 Å². The molecule has 0 aliphatic heterocycles. The summed E-state index contributed by atoms with van der Waals surface area (Å²) in [7, 11) is 0. The number of carbonyl (C=O) groups is 1. The van der Waals surface area contributed by atoms with Crippen LogP contribution in [0, 0.1) is 0 Å². The Kier molecular flexibility index (Phi) is 3.47. The number of anilines is 1. The van der Waals surface area contributed by atoms with Gasteiger partial charge in [0.15, 0.2) is 0 Å². The Morgan fingerprint density at radius 2 is 2.00 bits per heavy atom. The highest BCUT2D eigenvalue weighted by atomic mass is 79.9. The molecule has 0 atom stereocenters. The number of halogens is 2. The van der Waals surface area contributed by atoms with Crippen LogP contribution in [0.2, 0.25) is 0 Å². The smallest absolute Gasteiger partial charge is 0.204 e. The molecule has 0 aliphatic rings. The summed E-state index contributed by atoms with van der Waals surface area (Å²) < 4.78 is 1.63. The molecule has 5 heteroatoms. The van der Waals surface area contributed by atoms with Crippen molar-refractivity contribution < 1.29 is 4.79 Å². The Morgan fingerprint density at radius 1 is 1.25 bits per heavy atom. The van der Waals surface area contributed by atoms with Crippen LogP contribution in [-0.4, -0.2) is 5.78 Å². The molecule has 0 amide bonds. The molecule has 0 fully saturated rings. The Bertz CT molecular complexity index is 530. The summed E-state index contributed by atoms with van der Waals surface area (Å²) in [6, 6.07) is 7.07. The first-order chi connectivity index (χ1) is 7.58. The van der Waals surface area contributed by atoms with Crippen molar-refractivity contribution in [2.75, 3.05) is 5.73 Å². The molecule has 1 aromatic heterocycles. The minimum Gasteiger partial charge on any atom is -0.399 e. The van der Waals surface area contributed by atoms with Crippen LogP contribution in [0.15, 0.2) is 38.6 Å². The Hall–Kier alpha value is -0.650. The Balaban J connectivity index is 2.45. The fourth-order valence-electron chi connectivity index (χ4n) is 1.33. The number of benzene rings is 1.